The SMILES string of the molecule is COc1ccc(Br)c(C2(C(=O)O)CC2)c1. The zero-order valence-corrected chi connectivity index (χ0v) is 9.87. The molecule has 4 heteroatoms. The van der Waals surface area contributed by atoms with Gasteiger partial charge in [-0.3, -0.25) is 4.79 Å². The molecular formula is C11H11BrO3. The van der Waals surface area contributed by atoms with Crippen LogP contribution in [0.3, 0.4) is 0 Å². The highest BCUT2D eigenvalue weighted by molar-refractivity contribution is 9.10. The van der Waals surface area contributed by atoms with E-state index in [1.54, 1.807) is 13.2 Å². The Hall–Kier alpha value is -1.03. The van der Waals surface area contributed by atoms with Gasteiger partial charge in [0.25, 0.3) is 0 Å². The predicted molar refractivity (Wildman–Crippen MR) is 59.2 cm³/mol. The maximum atomic E-state index is 11.2. The van der Waals surface area contributed by atoms with Crippen LogP contribution in [0.25, 0.3) is 0 Å². The molecule has 0 saturated heterocycles. The van der Waals surface area contributed by atoms with Gasteiger partial charge >= 0.3 is 5.97 Å². The first-order valence-corrected chi connectivity index (χ1v) is 5.47. The minimum Gasteiger partial charge on any atom is -0.497 e. The third-order valence-electron chi connectivity index (χ3n) is 2.85. The largest absolute Gasteiger partial charge is 0.497 e. The van der Waals surface area contributed by atoms with E-state index in [2.05, 4.69) is 15.9 Å². The van der Waals surface area contributed by atoms with Crippen LogP contribution in [-0.4, -0.2) is 18.2 Å². The van der Waals surface area contributed by atoms with Gasteiger partial charge in [0, 0.05) is 4.47 Å². The summed E-state index contributed by atoms with van der Waals surface area (Å²) in [4.78, 5) is 11.2. The zero-order chi connectivity index (χ0) is 11.1. The summed E-state index contributed by atoms with van der Waals surface area (Å²) in [6.45, 7) is 0. The Labute approximate surface area is 96.2 Å². The van der Waals surface area contributed by atoms with Gasteiger partial charge < -0.3 is 9.84 Å². The second-order valence-electron chi connectivity index (χ2n) is 3.73. The molecule has 0 bridgehead atoms. The second-order valence-corrected chi connectivity index (χ2v) is 4.59. The lowest BCUT2D eigenvalue weighted by molar-refractivity contribution is -0.140. The van der Waals surface area contributed by atoms with Crippen LogP contribution < -0.4 is 4.74 Å². The lowest BCUT2D eigenvalue weighted by Gasteiger charge is -2.13. The van der Waals surface area contributed by atoms with E-state index in [9.17, 15) is 9.90 Å². The van der Waals surface area contributed by atoms with Crippen molar-refractivity contribution >= 4 is 21.9 Å². The first-order valence-electron chi connectivity index (χ1n) is 4.67. The molecule has 1 aliphatic carbocycles. The molecule has 0 heterocycles. The van der Waals surface area contributed by atoms with Crippen molar-refractivity contribution < 1.29 is 14.6 Å². The van der Waals surface area contributed by atoms with Gasteiger partial charge in [-0.2, -0.15) is 0 Å². The van der Waals surface area contributed by atoms with E-state index in [0.717, 1.165) is 10.0 Å². The number of rotatable bonds is 3. The molecule has 3 nitrogen and oxygen atoms in total. The van der Waals surface area contributed by atoms with Gasteiger partial charge in [0.05, 0.1) is 12.5 Å². The van der Waals surface area contributed by atoms with Crippen LogP contribution in [0.4, 0.5) is 0 Å². The Morgan fingerprint density at radius 1 is 1.53 bits per heavy atom. The van der Waals surface area contributed by atoms with E-state index in [4.69, 9.17) is 4.74 Å². The molecule has 1 fully saturated rings. The summed E-state index contributed by atoms with van der Waals surface area (Å²) in [5, 5.41) is 9.18. The quantitative estimate of drug-likeness (QED) is 0.919. The van der Waals surface area contributed by atoms with Gasteiger partial charge in [-0.05, 0) is 36.6 Å². The molecule has 15 heavy (non-hydrogen) atoms. The highest BCUT2D eigenvalue weighted by Crippen LogP contribution is 2.51. The molecule has 0 atom stereocenters. The number of hydrogen-bond acceptors (Lipinski definition) is 2. The minimum absolute atomic E-state index is 0.687. The lowest BCUT2D eigenvalue weighted by atomic mass is 9.96. The minimum atomic E-state index is -0.753. The van der Waals surface area contributed by atoms with Crippen molar-refractivity contribution in [2.45, 2.75) is 18.3 Å². The summed E-state index contributed by atoms with van der Waals surface area (Å²) in [5.41, 5.74) is 0.127. The lowest BCUT2D eigenvalue weighted by Crippen LogP contribution is -2.20. The maximum absolute atomic E-state index is 11.2. The Balaban J connectivity index is 2.47. The van der Waals surface area contributed by atoms with Gasteiger partial charge in [0.1, 0.15) is 5.75 Å². The fraction of sp³-hybridized carbons (Fsp3) is 0.364. The molecule has 0 aromatic heterocycles. The number of carboxylic acids is 1. The summed E-state index contributed by atoms with van der Waals surface area (Å²) in [7, 11) is 1.58. The number of carboxylic acid groups (broad SMARTS) is 1. The third kappa shape index (κ3) is 1.63. The van der Waals surface area contributed by atoms with E-state index >= 15 is 0 Å². The molecule has 0 aliphatic heterocycles. The van der Waals surface area contributed by atoms with Crippen LogP contribution in [0.5, 0.6) is 5.75 Å². The predicted octanol–water partition coefficient (Wildman–Crippen LogP) is 2.57. The molecule has 1 aromatic carbocycles. The van der Waals surface area contributed by atoms with Crippen LogP contribution in [0.2, 0.25) is 0 Å². The molecule has 1 aromatic rings. The van der Waals surface area contributed by atoms with Crippen molar-refractivity contribution in [1.82, 2.24) is 0 Å². The van der Waals surface area contributed by atoms with Crippen molar-refractivity contribution in [3.63, 3.8) is 0 Å². The average molecular weight is 271 g/mol. The van der Waals surface area contributed by atoms with E-state index < -0.39 is 11.4 Å². The maximum Gasteiger partial charge on any atom is 0.314 e. The summed E-state index contributed by atoms with van der Waals surface area (Å²) < 4.78 is 5.94. The van der Waals surface area contributed by atoms with Crippen molar-refractivity contribution in [1.29, 1.82) is 0 Å². The number of ether oxygens (including phenoxy) is 1. The highest BCUT2D eigenvalue weighted by Gasteiger charge is 2.52. The molecule has 1 aliphatic rings. The average Bonchev–Trinajstić information content (AvgIpc) is 2.99. The van der Waals surface area contributed by atoms with E-state index in [1.165, 1.54) is 0 Å². The van der Waals surface area contributed by atoms with Crippen LogP contribution >= 0.6 is 15.9 Å². The Kier molecular flexibility index (Phi) is 2.46. The number of hydrogen-bond donors (Lipinski definition) is 1. The molecule has 0 unspecified atom stereocenters. The molecule has 1 saturated carbocycles. The monoisotopic (exact) mass is 270 g/mol. The van der Waals surface area contributed by atoms with Gasteiger partial charge in [0.15, 0.2) is 0 Å². The van der Waals surface area contributed by atoms with Crippen molar-refractivity contribution in [2.75, 3.05) is 7.11 Å². The number of carbonyl (C=O) groups is 1. The van der Waals surface area contributed by atoms with Crippen molar-refractivity contribution in [3.05, 3.63) is 28.2 Å². The Morgan fingerprint density at radius 2 is 2.20 bits per heavy atom. The number of aliphatic carboxylic acids is 1. The van der Waals surface area contributed by atoms with Crippen molar-refractivity contribution in [2.24, 2.45) is 0 Å². The molecule has 0 radical (unpaired) electrons. The fourth-order valence-electron chi connectivity index (χ4n) is 1.72. The smallest absolute Gasteiger partial charge is 0.314 e. The van der Waals surface area contributed by atoms with Gasteiger partial charge in [0.2, 0.25) is 0 Å². The topological polar surface area (TPSA) is 46.5 Å². The normalized spacial score (nSPS) is 17.2. The summed E-state index contributed by atoms with van der Waals surface area (Å²) in [5.74, 6) is -0.0582. The van der Waals surface area contributed by atoms with Gasteiger partial charge in [-0.25, -0.2) is 0 Å². The molecule has 2 rings (SSSR count). The molecule has 80 valence electrons. The number of methoxy groups -OCH3 is 1. The zero-order valence-electron chi connectivity index (χ0n) is 8.29. The molecular weight excluding hydrogens is 260 g/mol. The van der Waals surface area contributed by atoms with Crippen LogP contribution in [0.1, 0.15) is 18.4 Å². The first-order chi connectivity index (χ1) is 7.10. The Morgan fingerprint density at radius 3 is 2.67 bits per heavy atom. The van der Waals surface area contributed by atoms with Gasteiger partial charge in [-0.1, -0.05) is 15.9 Å². The van der Waals surface area contributed by atoms with Crippen LogP contribution in [0, 0.1) is 0 Å². The summed E-state index contributed by atoms with van der Waals surface area (Å²) in [6.07, 6.45) is 1.40. The summed E-state index contributed by atoms with van der Waals surface area (Å²) >= 11 is 3.38. The summed E-state index contributed by atoms with van der Waals surface area (Å²) in [6, 6.07) is 5.44. The first kappa shape index (κ1) is 10.5. The fourth-order valence-corrected chi connectivity index (χ4v) is 2.35. The van der Waals surface area contributed by atoms with Crippen molar-refractivity contribution in [3.8, 4) is 5.75 Å². The Bertz CT molecular complexity index is 410. The van der Waals surface area contributed by atoms with Crippen LogP contribution in [0.15, 0.2) is 22.7 Å². The molecule has 0 spiro atoms. The standard InChI is InChI=1S/C11H11BrO3/c1-15-7-2-3-9(12)8(6-7)11(4-5-11)10(13)14/h2-3,6H,4-5H2,1H3,(H,13,14). The van der Waals surface area contributed by atoms with Crippen LogP contribution in [-0.2, 0) is 10.2 Å². The number of benzene rings is 1. The third-order valence-corrected chi connectivity index (χ3v) is 3.54. The molecule has 1 N–H and O–H groups in total. The second kappa shape index (κ2) is 3.52. The van der Waals surface area contributed by atoms with E-state index in [1.807, 2.05) is 12.1 Å². The highest BCUT2D eigenvalue weighted by atomic mass is 79.9. The van der Waals surface area contributed by atoms with Gasteiger partial charge in [-0.15, -0.1) is 0 Å². The van der Waals surface area contributed by atoms with E-state index in [-0.39, 0.29) is 0 Å². The number of halogens is 1. The van der Waals surface area contributed by atoms with E-state index in [0.29, 0.717) is 18.6 Å². The molecule has 0 amide bonds.